The molecule has 80 valence electrons. The molecule has 0 fully saturated rings. The zero-order valence-corrected chi connectivity index (χ0v) is 10.9. The van der Waals surface area contributed by atoms with Gasteiger partial charge in [0.15, 0.2) is 0 Å². The van der Waals surface area contributed by atoms with Crippen LogP contribution in [0.25, 0.3) is 0 Å². The predicted octanol–water partition coefficient (Wildman–Crippen LogP) is 2.62. The fraction of sp³-hybridized carbons (Fsp3) is 0.600. The van der Waals surface area contributed by atoms with E-state index in [-0.39, 0.29) is 6.10 Å². The lowest BCUT2D eigenvalue weighted by atomic mass is 10.1. The van der Waals surface area contributed by atoms with Gasteiger partial charge in [0.05, 0.1) is 6.10 Å². The topological polar surface area (TPSA) is 32.3 Å². The quantitative estimate of drug-likeness (QED) is 0.867. The van der Waals surface area contributed by atoms with Crippen LogP contribution >= 0.6 is 27.3 Å². The second kappa shape index (κ2) is 5.85. The third-order valence-electron chi connectivity index (χ3n) is 2.10. The summed E-state index contributed by atoms with van der Waals surface area (Å²) in [6, 6.07) is 2.04. The maximum Gasteiger partial charge on any atom is 0.0687 e. The molecular formula is C10H16BrNOS. The number of hydrogen-bond donors (Lipinski definition) is 2. The molecule has 0 aliphatic carbocycles. The predicted molar refractivity (Wildman–Crippen MR) is 64.6 cm³/mol. The summed E-state index contributed by atoms with van der Waals surface area (Å²) in [5, 5.41) is 14.8. The Bertz CT molecular complexity index is 275. The summed E-state index contributed by atoms with van der Waals surface area (Å²) in [6.07, 6.45) is -0.256. The van der Waals surface area contributed by atoms with Gasteiger partial charge in [0.25, 0.3) is 0 Å². The number of aliphatic hydroxyl groups is 1. The van der Waals surface area contributed by atoms with Gasteiger partial charge in [-0.1, -0.05) is 13.8 Å². The number of hydrogen-bond acceptors (Lipinski definition) is 3. The molecule has 1 heterocycles. The minimum atomic E-state index is -0.256. The third kappa shape index (κ3) is 3.69. The van der Waals surface area contributed by atoms with Gasteiger partial charge in [-0.15, -0.1) is 11.3 Å². The van der Waals surface area contributed by atoms with Crippen molar-refractivity contribution in [2.45, 2.75) is 26.5 Å². The molecule has 2 N–H and O–H groups in total. The highest BCUT2D eigenvalue weighted by atomic mass is 79.9. The first-order chi connectivity index (χ1) is 6.61. The molecule has 0 saturated heterocycles. The van der Waals surface area contributed by atoms with Gasteiger partial charge in [0.1, 0.15) is 0 Å². The van der Waals surface area contributed by atoms with E-state index in [9.17, 15) is 5.11 Å². The number of nitrogens with one attached hydrogen (secondary N) is 1. The van der Waals surface area contributed by atoms with E-state index in [0.717, 1.165) is 11.0 Å². The van der Waals surface area contributed by atoms with Crippen molar-refractivity contribution in [2.75, 3.05) is 6.54 Å². The molecule has 1 atom stereocenters. The van der Waals surface area contributed by atoms with Gasteiger partial charge in [-0.25, -0.2) is 0 Å². The minimum Gasteiger partial charge on any atom is -0.392 e. The summed E-state index contributed by atoms with van der Waals surface area (Å²) in [5.74, 6) is 0.314. The summed E-state index contributed by atoms with van der Waals surface area (Å²) in [4.78, 5) is 1.28. The van der Waals surface area contributed by atoms with Crippen molar-refractivity contribution in [3.05, 3.63) is 20.8 Å². The minimum absolute atomic E-state index is 0.256. The van der Waals surface area contributed by atoms with Crippen LogP contribution in [0.3, 0.4) is 0 Å². The zero-order chi connectivity index (χ0) is 10.6. The summed E-state index contributed by atoms with van der Waals surface area (Å²) < 4.78 is 1.15. The summed E-state index contributed by atoms with van der Waals surface area (Å²) in [5.41, 5.74) is 0. The van der Waals surface area contributed by atoms with Gasteiger partial charge < -0.3 is 10.4 Å². The molecule has 0 aromatic carbocycles. The number of thiophene rings is 1. The van der Waals surface area contributed by atoms with E-state index in [1.54, 1.807) is 11.3 Å². The van der Waals surface area contributed by atoms with Crippen LogP contribution in [0.1, 0.15) is 18.7 Å². The van der Waals surface area contributed by atoms with Gasteiger partial charge in [0, 0.05) is 22.4 Å². The Hall–Kier alpha value is 0.100. The van der Waals surface area contributed by atoms with E-state index in [1.807, 2.05) is 19.9 Å². The summed E-state index contributed by atoms with van der Waals surface area (Å²) in [7, 11) is 0. The summed E-state index contributed by atoms with van der Waals surface area (Å²) >= 11 is 5.19. The molecule has 0 spiro atoms. The Morgan fingerprint density at radius 2 is 2.29 bits per heavy atom. The van der Waals surface area contributed by atoms with E-state index < -0.39 is 0 Å². The lowest BCUT2D eigenvalue weighted by molar-refractivity contribution is 0.123. The second-order valence-electron chi connectivity index (χ2n) is 3.63. The first kappa shape index (κ1) is 12.2. The molecule has 0 saturated carbocycles. The van der Waals surface area contributed by atoms with Crippen LogP contribution in [-0.2, 0) is 6.54 Å². The fourth-order valence-corrected chi connectivity index (χ4v) is 2.48. The van der Waals surface area contributed by atoms with E-state index >= 15 is 0 Å². The van der Waals surface area contributed by atoms with Crippen molar-refractivity contribution in [3.63, 3.8) is 0 Å². The molecule has 0 aliphatic heterocycles. The van der Waals surface area contributed by atoms with E-state index in [0.29, 0.717) is 12.5 Å². The molecule has 14 heavy (non-hydrogen) atoms. The van der Waals surface area contributed by atoms with Crippen LogP contribution in [0.4, 0.5) is 0 Å². The van der Waals surface area contributed by atoms with Crippen molar-refractivity contribution in [1.82, 2.24) is 5.32 Å². The maximum atomic E-state index is 9.55. The molecule has 1 aromatic heterocycles. The van der Waals surface area contributed by atoms with Gasteiger partial charge >= 0.3 is 0 Å². The van der Waals surface area contributed by atoms with Crippen LogP contribution in [0, 0.1) is 5.92 Å². The smallest absolute Gasteiger partial charge is 0.0687 e. The molecule has 0 radical (unpaired) electrons. The van der Waals surface area contributed by atoms with Crippen LogP contribution < -0.4 is 5.32 Å². The molecule has 0 amide bonds. The molecule has 4 heteroatoms. The first-order valence-electron chi connectivity index (χ1n) is 4.72. The van der Waals surface area contributed by atoms with E-state index in [4.69, 9.17) is 0 Å². The molecule has 2 nitrogen and oxygen atoms in total. The Kier molecular flexibility index (Phi) is 5.09. The zero-order valence-electron chi connectivity index (χ0n) is 8.46. The third-order valence-corrected chi connectivity index (χ3v) is 4.03. The Morgan fingerprint density at radius 3 is 2.79 bits per heavy atom. The number of halogens is 1. The molecular weight excluding hydrogens is 262 g/mol. The van der Waals surface area contributed by atoms with Crippen molar-refractivity contribution >= 4 is 27.3 Å². The van der Waals surface area contributed by atoms with Gasteiger partial charge in [0.2, 0.25) is 0 Å². The van der Waals surface area contributed by atoms with Crippen LogP contribution in [0.2, 0.25) is 0 Å². The van der Waals surface area contributed by atoms with Crippen molar-refractivity contribution < 1.29 is 5.11 Å². The Balaban J connectivity index is 2.25. The monoisotopic (exact) mass is 277 g/mol. The van der Waals surface area contributed by atoms with Crippen LogP contribution in [0.15, 0.2) is 15.9 Å². The molecule has 1 rings (SSSR count). The molecule has 0 aliphatic rings. The SMILES string of the molecule is CC(C)C(O)CNCc1sccc1Br. The second-order valence-corrected chi connectivity index (χ2v) is 5.49. The van der Waals surface area contributed by atoms with Crippen molar-refractivity contribution in [1.29, 1.82) is 0 Å². The normalized spacial score (nSPS) is 13.5. The molecule has 1 unspecified atom stereocenters. The largest absolute Gasteiger partial charge is 0.392 e. The fourth-order valence-electron chi connectivity index (χ4n) is 1.02. The highest BCUT2D eigenvalue weighted by Crippen LogP contribution is 2.22. The van der Waals surface area contributed by atoms with E-state index in [2.05, 4.69) is 26.6 Å². The molecule has 0 bridgehead atoms. The lowest BCUT2D eigenvalue weighted by Crippen LogP contribution is -2.30. The van der Waals surface area contributed by atoms with Gasteiger partial charge in [-0.3, -0.25) is 0 Å². The van der Waals surface area contributed by atoms with E-state index in [1.165, 1.54) is 4.88 Å². The van der Waals surface area contributed by atoms with Gasteiger partial charge in [-0.2, -0.15) is 0 Å². The van der Waals surface area contributed by atoms with Crippen molar-refractivity contribution in [3.8, 4) is 0 Å². The van der Waals surface area contributed by atoms with Crippen molar-refractivity contribution in [2.24, 2.45) is 5.92 Å². The average molecular weight is 278 g/mol. The number of aliphatic hydroxyl groups excluding tert-OH is 1. The highest BCUT2D eigenvalue weighted by Gasteiger charge is 2.08. The number of rotatable bonds is 5. The highest BCUT2D eigenvalue weighted by molar-refractivity contribution is 9.10. The first-order valence-corrected chi connectivity index (χ1v) is 6.39. The molecule has 1 aromatic rings. The summed E-state index contributed by atoms with van der Waals surface area (Å²) in [6.45, 7) is 5.52. The Morgan fingerprint density at radius 1 is 1.57 bits per heavy atom. The lowest BCUT2D eigenvalue weighted by Gasteiger charge is -2.14. The average Bonchev–Trinajstić information content (AvgIpc) is 2.51. The standard InChI is InChI=1S/C10H16BrNOS/c1-7(2)9(13)5-12-6-10-8(11)3-4-14-10/h3-4,7,9,12-13H,5-6H2,1-2H3. The van der Waals surface area contributed by atoms with Gasteiger partial charge in [-0.05, 0) is 33.3 Å². The Labute approximate surface area is 97.5 Å². The van der Waals surface area contributed by atoms with Crippen LogP contribution in [0.5, 0.6) is 0 Å². The van der Waals surface area contributed by atoms with Crippen LogP contribution in [-0.4, -0.2) is 17.8 Å². The maximum absolute atomic E-state index is 9.55.